The van der Waals surface area contributed by atoms with E-state index in [0.29, 0.717) is 5.69 Å². The van der Waals surface area contributed by atoms with Crippen LogP contribution >= 0.6 is 11.3 Å². The molecule has 4 aromatic rings. The van der Waals surface area contributed by atoms with Gasteiger partial charge in [-0.3, -0.25) is 9.97 Å². The minimum atomic E-state index is 0. The van der Waals surface area contributed by atoms with Crippen molar-refractivity contribution in [2.75, 3.05) is 0 Å². The second-order valence-electron chi connectivity index (χ2n) is 5.49. The van der Waals surface area contributed by atoms with Gasteiger partial charge in [-0.15, -0.1) is 6.07 Å². The second kappa shape index (κ2) is 6.85. The van der Waals surface area contributed by atoms with Gasteiger partial charge in [0.25, 0.3) is 0 Å². The summed E-state index contributed by atoms with van der Waals surface area (Å²) in [5.74, 6) is 0.763. The van der Waals surface area contributed by atoms with Crippen molar-refractivity contribution in [2.45, 2.75) is 13.8 Å². The maximum absolute atomic E-state index is 7.21. The molecule has 0 aliphatic rings. The molecule has 0 fully saturated rings. The van der Waals surface area contributed by atoms with E-state index in [-0.39, 0.29) is 20.1 Å². The Hall–Kier alpha value is -2.39. The minimum absolute atomic E-state index is 0. The first-order valence-corrected chi connectivity index (χ1v) is 8.20. The zero-order chi connectivity index (χ0) is 16.7. The van der Waals surface area contributed by atoms with E-state index in [1.54, 1.807) is 11.7 Å². The average Bonchev–Trinajstić information content (AvgIpc) is 3.22. The van der Waals surface area contributed by atoms with Crippen LogP contribution in [0.15, 0.2) is 36.1 Å². The van der Waals surface area contributed by atoms with E-state index in [1.807, 2.05) is 42.8 Å². The fourth-order valence-corrected chi connectivity index (χ4v) is 3.48. The van der Waals surface area contributed by atoms with E-state index in [9.17, 15) is 0 Å². The Morgan fingerprint density at radius 3 is 2.64 bits per heavy atom. The van der Waals surface area contributed by atoms with Gasteiger partial charge in [0.1, 0.15) is 0 Å². The first kappa shape index (κ1) is 17.4. The molecule has 0 spiro atoms. The monoisotopic (exact) mass is 523 g/mol. The summed E-state index contributed by atoms with van der Waals surface area (Å²) in [5, 5.41) is 0. The van der Waals surface area contributed by atoms with Gasteiger partial charge in [-0.05, 0) is 31.2 Å². The first-order valence-electron chi connectivity index (χ1n) is 7.32. The molecule has 1 radical (unpaired) electrons. The molecule has 0 saturated carbocycles. The third-order valence-electron chi connectivity index (χ3n) is 3.86. The normalized spacial score (nSPS) is 10.4. The molecule has 3 aromatic heterocycles. The number of hydrogen-bond acceptors (Lipinski definition) is 4. The SMILES string of the molecule is [C-]#[N+]c1cc(C)c(-n2ccnc2-c2[c-]nc3scnc3c2)c(C)c1.[Ir]. The van der Waals surface area contributed by atoms with Crippen molar-refractivity contribution >= 4 is 27.4 Å². The van der Waals surface area contributed by atoms with E-state index in [4.69, 9.17) is 6.57 Å². The molecule has 7 heteroatoms. The number of nitrogens with zero attached hydrogens (tertiary/aromatic N) is 5. The zero-order valence-corrected chi connectivity index (χ0v) is 16.7. The van der Waals surface area contributed by atoms with Crippen LogP contribution in [-0.2, 0) is 20.1 Å². The largest absolute Gasteiger partial charge is 0.340 e. The van der Waals surface area contributed by atoms with E-state index in [2.05, 4.69) is 26.0 Å². The Bertz CT molecular complexity index is 1080. The van der Waals surface area contributed by atoms with Crippen molar-refractivity contribution in [2.24, 2.45) is 0 Å². The summed E-state index contributed by atoms with van der Waals surface area (Å²) in [5.41, 5.74) is 7.16. The minimum Gasteiger partial charge on any atom is -0.340 e. The standard InChI is InChI=1S/C18H12N5S.Ir/c1-11-6-14(19-3)7-12(2)16(11)23-5-4-20-17(23)13-8-15-18(21-9-13)24-10-22-15;/h4-8,10H,1-2H3;/q-1;. The van der Waals surface area contributed by atoms with Crippen molar-refractivity contribution in [1.82, 2.24) is 19.5 Å². The summed E-state index contributed by atoms with van der Waals surface area (Å²) in [6, 6.07) is 5.74. The quantitative estimate of drug-likeness (QED) is 0.364. The van der Waals surface area contributed by atoms with Gasteiger partial charge < -0.3 is 9.55 Å². The Labute approximate surface area is 162 Å². The Kier molecular flexibility index (Phi) is 4.78. The summed E-state index contributed by atoms with van der Waals surface area (Å²) in [7, 11) is 0. The van der Waals surface area contributed by atoms with Crippen molar-refractivity contribution in [3.8, 4) is 17.1 Å². The van der Waals surface area contributed by atoms with E-state index >= 15 is 0 Å². The van der Waals surface area contributed by atoms with Crippen LogP contribution in [0.3, 0.4) is 0 Å². The first-order chi connectivity index (χ1) is 11.7. The molecule has 0 aliphatic heterocycles. The van der Waals surface area contributed by atoms with Crippen molar-refractivity contribution in [3.63, 3.8) is 0 Å². The number of aromatic nitrogens is 4. The van der Waals surface area contributed by atoms with Gasteiger partial charge in [-0.2, -0.15) is 11.3 Å². The Balaban J connectivity index is 0.00000182. The number of benzene rings is 1. The Morgan fingerprint density at radius 1 is 1.16 bits per heavy atom. The molecule has 4 rings (SSSR count). The third-order valence-corrected chi connectivity index (χ3v) is 4.60. The summed E-state index contributed by atoms with van der Waals surface area (Å²) in [4.78, 5) is 17.5. The van der Waals surface area contributed by atoms with Gasteiger partial charge in [0.05, 0.1) is 22.7 Å². The van der Waals surface area contributed by atoms with Crippen LogP contribution in [-0.4, -0.2) is 19.5 Å². The molecule has 0 unspecified atom stereocenters. The summed E-state index contributed by atoms with van der Waals surface area (Å²) >= 11 is 1.49. The number of imidazole rings is 1. The van der Waals surface area contributed by atoms with Gasteiger partial charge in [0, 0.05) is 43.7 Å². The molecule has 0 N–H and O–H groups in total. The molecule has 0 atom stereocenters. The van der Waals surface area contributed by atoms with Crippen LogP contribution in [0.1, 0.15) is 11.1 Å². The average molecular weight is 523 g/mol. The van der Waals surface area contributed by atoms with Gasteiger partial charge in [0.15, 0.2) is 5.69 Å². The number of fused-ring (bicyclic) bond motifs is 1. The molecule has 0 bridgehead atoms. The van der Waals surface area contributed by atoms with Crippen molar-refractivity contribution in [3.05, 3.63) is 64.8 Å². The van der Waals surface area contributed by atoms with Crippen LogP contribution in [0.25, 0.3) is 32.3 Å². The summed E-state index contributed by atoms with van der Waals surface area (Å²) in [6.45, 7) is 11.2. The Morgan fingerprint density at radius 2 is 1.92 bits per heavy atom. The van der Waals surface area contributed by atoms with Gasteiger partial charge in [-0.1, -0.05) is 17.7 Å². The fraction of sp³-hybridized carbons (Fsp3) is 0.111. The van der Waals surface area contributed by atoms with Gasteiger partial charge in [0.2, 0.25) is 0 Å². The van der Waals surface area contributed by atoms with Crippen molar-refractivity contribution in [1.29, 1.82) is 0 Å². The van der Waals surface area contributed by atoms with Crippen LogP contribution in [0.4, 0.5) is 5.69 Å². The maximum atomic E-state index is 7.21. The number of pyridine rings is 1. The molecule has 25 heavy (non-hydrogen) atoms. The van der Waals surface area contributed by atoms with Crippen LogP contribution in [0, 0.1) is 26.6 Å². The van der Waals surface area contributed by atoms with E-state index in [1.165, 1.54) is 11.3 Å². The van der Waals surface area contributed by atoms with Crippen LogP contribution in [0.2, 0.25) is 0 Å². The molecular formula is C18H12IrN5S-. The third kappa shape index (κ3) is 3.00. The molecule has 3 heterocycles. The van der Waals surface area contributed by atoms with Crippen molar-refractivity contribution < 1.29 is 20.1 Å². The number of aryl methyl sites for hydroxylation is 2. The second-order valence-corrected chi connectivity index (χ2v) is 6.32. The molecule has 1 aromatic carbocycles. The fourth-order valence-electron chi connectivity index (χ4n) is 2.89. The predicted molar refractivity (Wildman–Crippen MR) is 94.5 cm³/mol. The summed E-state index contributed by atoms with van der Waals surface area (Å²) in [6.07, 6.45) is 6.74. The smallest absolute Gasteiger partial charge is 0.187 e. The zero-order valence-electron chi connectivity index (χ0n) is 13.4. The molecule has 5 nitrogen and oxygen atoms in total. The van der Waals surface area contributed by atoms with E-state index in [0.717, 1.165) is 38.5 Å². The number of hydrogen-bond donors (Lipinski definition) is 0. The maximum Gasteiger partial charge on any atom is 0.187 e. The number of rotatable bonds is 2. The summed E-state index contributed by atoms with van der Waals surface area (Å²) < 4.78 is 2.02. The predicted octanol–water partition coefficient (Wildman–Crippen LogP) is 4.51. The van der Waals surface area contributed by atoms with E-state index < -0.39 is 0 Å². The van der Waals surface area contributed by atoms with Gasteiger partial charge >= 0.3 is 0 Å². The molecule has 0 aliphatic carbocycles. The molecule has 0 saturated heterocycles. The van der Waals surface area contributed by atoms with Gasteiger partial charge in [-0.25, -0.2) is 4.85 Å². The van der Waals surface area contributed by atoms with Crippen LogP contribution < -0.4 is 0 Å². The molecular weight excluding hydrogens is 511 g/mol. The topological polar surface area (TPSA) is 48.0 Å². The molecule has 0 amide bonds. The number of thiazole rings is 1. The van der Waals surface area contributed by atoms with Crippen LogP contribution in [0.5, 0.6) is 0 Å². The molecule has 125 valence electrons.